The van der Waals surface area contributed by atoms with Gasteiger partial charge in [0.25, 0.3) is 11.8 Å². The average molecular weight is 756 g/mol. The van der Waals surface area contributed by atoms with Crippen LogP contribution < -0.4 is 25.5 Å². The molecule has 6 aromatic rings. The molecule has 0 unspecified atom stereocenters. The Morgan fingerprint density at radius 2 is 1.64 bits per heavy atom. The highest BCUT2D eigenvalue weighted by Gasteiger charge is 2.22. The Balaban J connectivity index is 1.03. The second-order valence-electron chi connectivity index (χ2n) is 13.4. The molecule has 0 saturated carbocycles. The molecule has 0 spiro atoms. The number of nitrogens with zero attached hydrogens (tertiary/aromatic N) is 3. The van der Waals surface area contributed by atoms with Crippen LogP contribution in [-0.2, 0) is 30.7 Å². The smallest absolute Gasteiger partial charge is 0.338 e. The SMILES string of the molecule is COc1cc2c(cc1OC)CN(CCc1ccc(NC(=O)c3ccc(C(=O)OCCCn4ccnc4)cc3NC(=O)c3cc(=O)c4ccccc4o3)cc1)CC2. The van der Waals surface area contributed by atoms with E-state index in [1.54, 1.807) is 51.0 Å². The number of rotatable bonds is 14. The van der Waals surface area contributed by atoms with Gasteiger partial charge in [0.1, 0.15) is 5.58 Å². The zero-order chi connectivity index (χ0) is 39.0. The van der Waals surface area contributed by atoms with Gasteiger partial charge < -0.3 is 33.8 Å². The minimum absolute atomic E-state index is 0.0342. The normalized spacial score (nSPS) is 12.5. The molecule has 56 heavy (non-hydrogen) atoms. The number of ether oxygens (including phenoxy) is 3. The van der Waals surface area contributed by atoms with Crippen LogP contribution in [0.25, 0.3) is 11.0 Å². The predicted molar refractivity (Wildman–Crippen MR) is 211 cm³/mol. The number of aryl methyl sites for hydroxylation is 1. The number of esters is 1. The van der Waals surface area contributed by atoms with E-state index in [0.717, 1.165) is 55.6 Å². The third-order valence-corrected chi connectivity index (χ3v) is 9.69. The molecule has 1 aliphatic heterocycles. The molecule has 3 heterocycles. The first kappa shape index (κ1) is 37.6. The molecule has 1 aliphatic rings. The van der Waals surface area contributed by atoms with Crippen LogP contribution in [0.15, 0.2) is 113 Å². The van der Waals surface area contributed by atoms with Crippen molar-refractivity contribution in [2.45, 2.75) is 32.4 Å². The summed E-state index contributed by atoms with van der Waals surface area (Å²) < 4.78 is 24.1. The third-order valence-electron chi connectivity index (χ3n) is 9.69. The minimum atomic E-state index is -0.770. The molecule has 0 aliphatic carbocycles. The zero-order valence-electron chi connectivity index (χ0n) is 31.1. The maximum Gasteiger partial charge on any atom is 0.338 e. The summed E-state index contributed by atoms with van der Waals surface area (Å²) in [6, 6.07) is 23.7. The van der Waals surface area contributed by atoms with Gasteiger partial charge in [-0.05, 0) is 90.6 Å². The van der Waals surface area contributed by atoms with Crippen LogP contribution in [0.1, 0.15) is 54.4 Å². The number of methoxy groups -OCH3 is 2. The van der Waals surface area contributed by atoms with E-state index in [-0.39, 0.29) is 34.8 Å². The number of hydrogen-bond donors (Lipinski definition) is 2. The molecule has 0 bridgehead atoms. The molecule has 286 valence electrons. The molecule has 7 rings (SSSR count). The lowest BCUT2D eigenvalue weighted by Gasteiger charge is -2.29. The van der Waals surface area contributed by atoms with Crippen molar-refractivity contribution in [1.82, 2.24) is 14.5 Å². The monoisotopic (exact) mass is 755 g/mol. The second kappa shape index (κ2) is 17.2. The van der Waals surface area contributed by atoms with E-state index in [2.05, 4.69) is 32.7 Å². The molecule has 0 saturated heterocycles. The zero-order valence-corrected chi connectivity index (χ0v) is 31.1. The van der Waals surface area contributed by atoms with Gasteiger partial charge in [0.05, 0.1) is 49.4 Å². The van der Waals surface area contributed by atoms with E-state index >= 15 is 0 Å². The van der Waals surface area contributed by atoms with Gasteiger partial charge in [-0.2, -0.15) is 0 Å². The van der Waals surface area contributed by atoms with Crippen molar-refractivity contribution in [3.05, 3.63) is 147 Å². The number of benzene rings is 4. The largest absolute Gasteiger partial charge is 0.493 e. The summed E-state index contributed by atoms with van der Waals surface area (Å²) in [6.45, 7) is 3.38. The van der Waals surface area contributed by atoms with Gasteiger partial charge in [0, 0.05) is 50.3 Å². The molecular formula is C43H41N5O8. The van der Waals surface area contributed by atoms with Gasteiger partial charge in [-0.1, -0.05) is 24.3 Å². The van der Waals surface area contributed by atoms with Crippen LogP contribution in [0.2, 0.25) is 0 Å². The van der Waals surface area contributed by atoms with E-state index in [0.29, 0.717) is 24.0 Å². The number of fused-ring (bicyclic) bond motifs is 2. The summed E-state index contributed by atoms with van der Waals surface area (Å²) in [6.07, 6.45) is 7.47. The predicted octanol–water partition coefficient (Wildman–Crippen LogP) is 6.36. The molecule has 13 nitrogen and oxygen atoms in total. The van der Waals surface area contributed by atoms with Gasteiger partial charge in [-0.15, -0.1) is 0 Å². The van der Waals surface area contributed by atoms with Gasteiger partial charge in [0.2, 0.25) is 0 Å². The fraction of sp³-hybridized carbons (Fsp3) is 0.233. The molecule has 2 amide bonds. The van der Waals surface area contributed by atoms with E-state index in [4.69, 9.17) is 18.6 Å². The van der Waals surface area contributed by atoms with Gasteiger partial charge in [-0.3, -0.25) is 19.3 Å². The minimum Gasteiger partial charge on any atom is -0.493 e. The van der Waals surface area contributed by atoms with Gasteiger partial charge >= 0.3 is 5.97 Å². The lowest BCUT2D eigenvalue weighted by atomic mass is 9.98. The first-order valence-electron chi connectivity index (χ1n) is 18.3. The Kier molecular flexibility index (Phi) is 11.5. The number of hydrogen-bond acceptors (Lipinski definition) is 10. The first-order valence-corrected chi connectivity index (χ1v) is 18.3. The quantitative estimate of drug-likeness (QED) is 0.0949. The number of carbonyl (C=O) groups excluding carboxylic acids is 3. The van der Waals surface area contributed by atoms with E-state index in [1.165, 1.54) is 29.3 Å². The maximum atomic E-state index is 13.7. The highest BCUT2D eigenvalue weighted by molar-refractivity contribution is 6.13. The van der Waals surface area contributed by atoms with Crippen LogP contribution in [-0.4, -0.2) is 66.2 Å². The van der Waals surface area contributed by atoms with Gasteiger partial charge in [0.15, 0.2) is 22.7 Å². The van der Waals surface area contributed by atoms with Crippen molar-refractivity contribution >= 4 is 40.1 Å². The van der Waals surface area contributed by atoms with Crippen LogP contribution >= 0.6 is 0 Å². The van der Waals surface area contributed by atoms with Crippen LogP contribution in [0.4, 0.5) is 11.4 Å². The number of nitrogens with one attached hydrogen (secondary N) is 2. The topological polar surface area (TPSA) is 154 Å². The number of para-hydroxylation sites is 1. The molecule has 0 fully saturated rings. The van der Waals surface area contributed by atoms with Crippen molar-refractivity contribution in [3.63, 3.8) is 0 Å². The molecule has 13 heteroatoms. The number of imidazole rings is 1. The second-order valence-corrected chi connectivity index (χ2v) is 13.4. The molecule has 0 radical (unpaired) electrons. The highest BCUT2D eigenvalue weighted by Crippen LogP contribution is 2.33. The first-order chi connectivity index (χ1) is 27.3. The fourth-order valence-corrected chi connectivity index (χ4v) is 6.66. The standard InChI is InChI=1S/C43H41N5O8/c1-53-38-23-29-15-19-47(26-31(29)24-39(38)54-2)18-14-28-8-11-32(12-9-28)45-41(50)33-13-10-30(43(52)55-21-5-17-48-20-16-44-27-48)22-35(33)46-42(51)40-25-36(49)34-6-3-4-7-37(34)56-40/h3-4,6-13,16,20,22-25,27H,5,14-15,17-19,21,26H2,1-2H3,(H,45,50)(H,46,51). The molecule has 4 aromatic carbocycles. The van der Waals surface area contributed by atoms with Crippen LogP contribution in [0, 0.1) is 0 Å². The Morgan fingerprint density at radius 3 is 2.41 bits per heavy atom. The number of anilines is 2. The summed E-state index contributed by atoms with van der Waals surface area (Å²) in [5, 5.41) is 5.89. The summed E-state index contributed by atoms with van der Waals surface area (Å²) in [5.41, 5.74) is 4.25. The Labute approximate surface area is 322 Å². The summed E-state index contributed by atoms with van der Waals surface area (Å²) in [5.74, 6) is -0.698. The Morgan fingerprint density at radius 1 is 0.857 bits per heavy atom. The van der Waals surface area contributed by atoms with E-state index in [9.17, 15) is 19.2 Å². The number of carbonyl (C=O) groups is 3. The molecule has 2 N–H and O–H groups in total. The molecular weight excluding hydrogens is 714 g/mol. The highest BCUT2D eigenvalue weighted by atomic mass is 16.5. The summed E-state index contributed by atoms with van der Waals surface area (Å²) in [4.78, 5) is 59.4. The average Bonchev–Trinajstić information content (AvgIpc) is 3.75. The Hall–Kier alpha value is -6.73. The van der Waals surface area contributed by atoms with E-state index < -0.39 is 23.2 Å². The van der Waals surface area contributed by atoms with Crippen molar-refractivity contribution in [3.8, 4) is 11.5 Å². The Bertz CT molecular complexity index is 2420. The van der Waals surface area contributed by atoms with Crippen molar-refractivity contribution in [2.75, 3.05) is 44.5 Å². The van der Waals surface area contributed by atoms with Crippen LogP contribution in [0.5, 0.6) is 11.5 Å². The number of aromatic nitrogens is 2. The maximum absolute atomic E-state index is 13.7. The summed E-state index contributed by atoms with van der Waals surface area (Å²) in [7, 11) is 3.29. The third kappa shape index (κ3) is 8.79. The van der Waals surface area contributed by atoms with E-state index in [1.807, 2.05) is 35.0 Å². The summed E-state index contributed by atoms with van der Waals surface area (Å²) >= 11 is 0. The lowest BCUT2D eigenvalue weighted by molar-refractivity contribution is 0.0495. The van der Waals surface area contributed by atoms with Crippen molar-refractivity contribution in [1.29, 1.82) is 0 Å². The number of amides is 2. The van der Waals surface area contributed by atoms with Crippen LogP contribution in [0.3, 0.4) is 0 Å². The van der Waals surface area contributed by atoms with Gasteiger partial charge in [-0.25, -0.2) is 9.78 Å². The molecule has 0 atom stereocenters. The lowest BCUT2D eigenvalue weighted by Crippen LogP contribution is -2.32. The van der Waals surface area contributed by atoms with Crippen molar-refractivity contribution in [2.24, 2.45) is 0 Å². The molecule has 2 aromatic heterocycles. The van der Waals surface area contributed by atoms with Crippen molar-refractivity contribution < 1.29 is 33.0 Å². The fourth-order valence-electron chi connectivity index (χ4n) is 6.66.